The molecule has 4 rings (SSSR count). The van der Waals surface area contributed by atoms with Crippen LogP contribution < -0.4 is 5.56 Å². The van der Waals surface area contributed by atoms with Crippen LogP contribution in [-0.2, 0) is 0 Å². The summed E-state index contributed by atoms with van der Waals surface area (Å²) in [6, 6.07) is 18.3. The quantitative estimate of drug-likeness (QED) is 0.621. The molecule has 1 aromatic carbocycles. The van der Waals surface area contributed by atoms with Crippen LogP contribution in [-0.4, -0.2) is 19.7 Å². The van der Waals surface area contributed by atoms with E-state index in [9.17, 15) is 4.79 Å². The molecule has 0 radical (unpaired) electrons. The number of benzene rings is 1. The molecule has 26 heavy (non-hydrogen) atoms. The van der Waals surface area contributed by atoms with Crippen molar-refractivity contribution in [2.75, 3.05) is 0 Å². The first kappa shape index (κ1) is 15.5. The van der Waals surface area contributed by atoms with Gasteiger partial charge in [-0.1, -0.05) is 18.2 Å². The number of nitrogens with one attached hydrogen (secondary N) is 1. The molecule has 0 fully saturated rings. The van der Waals surface area contributed by atoms with Crippen LogP contribution in [0.25, 0.3) is 28.2 Å². The average molecular weight is 339 g/mol. The number of aromatic nitrogens is 4. The third-order valence-corrected chi connectivity index (χ3v) is 4.03. The van der Waals surface area contributed by atoms with Gasteiger partial charge in [0.2, 0.25) is 0 Å². The van der Waals surface area contributed by atoms with E-state index >= 15 is 0 Å². The van der Waals surface area contributed by atoms with Crippen LogP contribution in [0.1, 0.15) is 5.56 Å². The number of hydrogen-bond donors (Lipinski definition) is 1. The van der Waals surface area contributed by atoms with E-state index in [2.05, 4.69) is 21.1 Å². The molecular weight excluding hydrogens is 326 g/mol. The van der Waals surface area contributed by atoms with Gasteiger partial charge in [-0.15, -0.1) is 0 Å². The number of pyridine rings is 2. The van der Waals surface area contributed by atoms with Gasteiger partial charge in [0.25, 0.3) is 5.56 Å². The molecule has 0 saturated carbocycles. The predicted molar refractivity (Wildman–Crippen MR) is 97.6 cm³/mol. The molecule has 0 unspecified atom stereocenters. The third-order valence-electron chi connectivity index (χ3n) is 4.03. The Morgan fingerprint density at radius 2 is 1.77 bits per heavy atom. The highest BCUT2D eigenvalue weighted by Gasteiger charge is 2.11. The fourth-order valence-corrected chi connectivity index (χ4v) is 2.67. The van der Waals surface area contributed by atoms with Gasteiger partial charge in [0.1, 0.15) is 0 Å². The molecular formula is C20H13N5O. The van der Waals surface area contributed by atoms with E-state index in [-0.39, 0.29) is 5.56 Å². The summed E-state index contributed by atoms with van der Waals surface area (Å²) in [5, 5.41) is 11.8. The normalized spacial score (nSPS) is 10.4. The smallest absolute Gasteiger partial charge is 0.280 e. The Morgan fingerprint density at radius 3 is 2.42 bits per heavy atom. The molecule has 0 saturated heterocycles. The minimum Gasteiger partial charge on any atom is -0.296 e. The van der Waals surface area contributed by atoms with Crippen LogP contribution in [0.2, 0.25) is 0 Å². The maximum Gasteiger partial charge on any atom is 0.280 e. The van der Waals surface area contributed by atoms with E-state index in [0.29, 0.717) is 16.9 Å². The van der Waals surface area contributed by atoms with Crippen LogP contribution >= 0.6 is 0 Å². The first-order valence-electron chi connectivity index (χ1n) is 7.95. The van der Waals surface area contributed by atoms with Gasteiger partial charge in [-0.05, 0) is 42.0 Å². The third kappa shape index (κ3) is 2.78. The van der Waals surface area contributed by atoms with Crippen molar-refractivity contribution in [3.05, 3.63) is 89.1 Å². The summed E-state index contributed by atoms with van der Waals surface area (Å²) < 4.78 is 1.38. The summed E-state index contributed by atoms with van der Waals surface area (Å²) in [5.74, 6) is 0.495. The van der Waals surface area contributed by atoms with Crippen molar-refractivity contribution >= 4 is 0 Å². The first-order chi connectivity index (χ1) is 12.8. The van der Waals surface area contributed by atoms with Crippen LogP contribution in [0.5, 0.6) is 0 Å². The number of hydrogen-bond acceptors (Lipinski definition) is 4. The summed E-state index contributed by atoms with van der Waals surface area (Å²) >= 11 is 0. The number of nitriles is 1. The molecule has 6 nitrogen and oxygen atoms in total. The molecule has 0 aliphatic carbocycles. The van der Waals surface area contributed by atoms with Crippen molar-refractivity contribution in [1.82, 2.24) is 19.7 Å². The Morgan fingerprint density at radius 1 is 0.962 bits per heavy atom. The van der Waals surface area contributed by atoms with Gasteiger partial charge in [-0.2, -0.15) is 5.26 Å². The van der Waals surface area contributed by atoms with Crippen LogP contribution in [0.3, 0.4) is 0 Å². The molecule has 6 heteroatoms. The highest BCUT2D eigenvalue weighted by molar-refractivity contribution is 5.63. The minimum absolute atomic E-state index is 0.201. The summed E-state index contributed by atoms with van der Waals surface area (Å²) in [4.78, 5) is 21.4. The van der Waals surface area contributed by atoms with E-state index < -0.39 is 0 Å². The fourth-order valence-electron chi connectivity index (χ4n) is 2.67. The zero-order valence-corrected chi connectivity index (χ0v) is 13.6. The summed E-state index contributed by atoms with van der Waals surface area (Å²) in [7, 11) is 0. The van der Waals surface area contributed by atoms with Crippen molar-refractivity contribution in [3.8, 4) is 34.3 Å². The zero-order chi connectivity index (χ0) is 17.9. The van der Waals surface area contributed by atoms with Gasteiger partial charge in [0.05, 0.1) is 22.9 Å². The summed E-state index contributed by atoms with van der Waals surface area (Å²) in [6.07, 6.45) is 5.05. The standard InChI is InChI=1S/C20H13N5O/c21-11-14-4-6-15(7-5-14)17-13-24-25(20(17)26)19-9-8-16(12-23-19)18-3-1-2-10-22-18/h1-10,12-13,24H. The lowest BCUT2D eigenvalue weighted by molar-refractivity contribution is 0.819. The minimum atomic E-state index is -0.201. The molecule has 0 atom stereocenters. The lowest BCUT2D eigenvalue weighted by Gasteiger charge is -2.03. The van der Waals surface area contributed by atoms with E-state index in [1.54, 1.807) is 48.9 Å². The van der Waals surface area contributed by atoms with Gasteiger partial charge in [0, 0.05) is 24.2 Å². The highest BCUT2D eigenvalue weighted by Crippen LogP contribution is 2.18. The second-order valence-corrected chi connectivity index (χ2v) is 5.64. The van der Waals surface area contributed by atoms with Crippen molar-refractivity contribution in [2.24, 2.45) is 0 Å². The SMILES string of the molecule is N#Cc1ccc(-c2c[nH]n(-c3ccc(-c4ccccn4)cn3)c2=O)cc1. The van der Waals surface area contributed by atoms with Gasteiger partial charge >= 0.3 is 0 Å². The average Bonchev–Trinajstić information content (AvgIpc) is 3.10. The molecule has 0 aliphatic heterocycles. The number of rotatable bonds is 3. The Kier molecular flexibility index (Phi) is 3.88. The molecule has 0 aliphatic rings. The molecule has 124 valence electrons. The van der Waals surface area contributed by atoms with Crippen molar-refractivity contribution in [3.63, 3.8) is 0 Å². The van der Waals surface area contributed by atoms with Crippen LogP contribution in [0.4, 0.5) is 0 Å². The van der Waals surface area contributed by atoms with Gasteiger partial charge in [-0.3, -0.25) is 14.9 Å². The van der Waals surface area contributed by atoms with Crippen molar-refractivity contribution in [1.29, 1.82) is 5.26 Å². The Labute approximate surface area is 149 Å². The van der Waals surface area contributed by atoms with E-state index in [1.807, 2.05) is 24.3 Å². The lowest BCUT2D eigenvalue weighted by Crippen LogP contribution is -2.16. The Hall–Kier alpha value is -3.98. The maximum atomic E-state index is 12.7. The first-order valence-corrected chi connectivity index (χ1v) is 7.95. The van der Waals surface area contributed by atoms with E-state index in [4.69, 9.17) is 5.26 Å². The number of aromatic amines is 1. The van der Waals surface area contributed by atoms with E-state index in [0.717, 1.165) is 16.8 Å². The second kappa shape index (κ2) is 6.49. The molecule has 3 aromatic heterocycles. The monoisotopic (exact) mass is 339 g/mol. The van der Waals surface area contributed by atoms with Crippen molar-refractivity contribution in [2.45, 2.75) is 0 Å². The van der Waals surface area contributed by atoms with Gasteiger partial charge in [0.15, 0.2) is 5.82 Å². The number of nitrogens with zero attached hydrogens (tertiary/aromatic N) is 4. The topological polar surface area (TPSA) is 87.4 Å². The zero-order valence-electron chi connectivity index (χ0n) is 13.6. The Bertz CT molecular complexity index is 1130. The van der Waals surface area contributed by atoms with Crippen molar-refractivity contribution < 1.29 is 0 Å². The molecule has 0 amide bonds. The molecule has 0 spiro atoms. The Balaban J connectivity index is 1.68. The molecule has 0 bridgehead atoms. The van der Waals surface area contributed by atoms with E-state index in [1.165, 1.54) is 4.68 Å². The summed E-state index contributed by atoms with van der Waals surface area (Å²) in [6.45, 7) is 0. The largest absolute Gasteiger partial charge is 0.296 e. The lowest BCUT2D eigenvalue weighted by atomic mass is 10.1. The maximum absolute atomic E-state index is 12.7. The molecule has 1 N–H and O–H groups in total. The fraction of sp³-hybridized carbons (Fsp3) is 0. The number of H-pyrrole nitrogens is 1. The second-order valence-electron chi connectivity index (χ2n) is 5.64. The van der Waals surface area contributed by atoms with Crippen LogP contribution in [0, 0.1) is 11.3 Å². The predicted octanol–water partition coefficient (Wildman–Crippen LogP) is 3.16. The summed E-state index contributed by atoms with van der Waals surface area (Å²) in [5.41, 5.74) is 3.31. The van der Waals surface area contributed by atoms with Gasteiger partial charge in [-0.25, -0.2) is 9.67 Å². The highest BCUT2D eigenvalue weighted by atomic mass is 16.1. The molecule has 4 aromatic rings. The van der Waals surface area contributed by atoms with Crippen LogP contribution in [0.15, 0.2) is 78.0 Å². The molecule has 3 heterocycles. The van der Waals surface area contributed by atoms with Gasteiger partial charge < -0.3 is 0 Å².